The molecule has 62 valence electrons. The fourth-order valence-electron chi connectivity index (χ4n) is 0.920. The first-order chi connectivity index (χ1) is 5.77. The molecule has 2 aliphatic rings. The Kier molecular flexibility index (Phi) is 2.26. The Bertz CT molecular complexity index is 330. The molecule has 0 aromatic heterocycles. The van der Waals surface area contributed by atoms with Gasteiger partial charge in [0, 0.05) is 5.57 Å². The third-order valence-corrected chi connectivity index (χ3v) is 2.76. The van der Waals surface area contributed by atoms with Crippen LogP contribution >= 0.6 is 35.0 Å². The Labute approximate surface area is 84.1 Å². The van der Waals surface area contributed by atoms with Crippen LogP contribution in [0.5, 0.6) is 0 Å². The van der Waals surface area contributed by atoms with Crippen LogP contribution in [-0.2, 0) is 0 Å². The second-order valence-corrected chi connectivity index (χ2v) is 3.83. The molecule has 5 heteroatoms. The number of halogens is 2. The standard InChI is InChI=1S/C7H4Cl2N2S/c8-5-4-2-1-3-12-6(4)11-7(9)10-5/h1-3,7H. The quantitative estimate of drug-likeness (QED) is 0.454. The summed E-state index contributed by atoms with van der Waals surface area (Å²) >= 11 is 13.1. The third-order valence-electron chi connectivity index (χ3n) is 1.42. The van der Waals surface area contributed by atoms with Crippen molar-refractivity contribution in [2.24, 2.45) is 9.98 Å². The molecular weight excluding hydrogens is 215 g/mol. The van der Waals surface area contributed by atoms with Crippen LogP contribution in [-0.4, -0.2) is 15.8 Å². The summed E-state index contributed by atoms with van der Waals surface area (Å²) in [5, 5.41) is 3.22. The van der Waals surface area contributed by atoms with Crippen molar-refractivity contribution in [3.63, 3.8) is 0 Å². The minimum atomic E-state index is -0.566. The van der Waals surface area contributed by atoms with Crippen molar-refractivity contribution in [1.29, 1.82) is 0 Å². The Balaban J connectivity index is 2.43. The zero-order valence-electron chi connectivity index (χ0n) is 5.87. The van der Waals surface area contributed by atoms with Crippen molar-refractivity contribution >= 4 is 45.2 Å². The van der Waals surface area contributed by atoms with Crippen molar-refractivity contribution in [3.05, 3.63) is 23.1 Å². The lowest BCUT2D eigenvalue weighted by Gasteiger charge is -2.15. The molecule has 0 aromatic rings. The van der Waals surface area contributed by atoms with Crippen LogP contribution in [0.2, 0.25) is 0 Å². The molecule has 0 bridgehead atoms. The predicted octanol–water partition coefficient (Wildman–Crippen LogP) is 2.75. The summed E-state index contributed by atoms with van der Waals surface area (Å²) in [6.07, 6.45) is 3.79. The maximum atomic E-state index is 5.85. The van der Waals surface area contributed by atoms with Gasteiger partial charge in [-0.25, -0.2) is 9.98 Å². The lowest BCUT2D eigenvalue weighted by molar-refractivity contribution is 0.974. The first-order valence-corrected chi connectivity index (χ1v) is 4.96. The molecule has 0 saturated carbocycles. The van der Waals surface area contributed by atoms with Crippen molar-refractivity contribution < 1.29 is 0 Å². The van der Waals surface area contributed by atoms with Gasteiger partial charge in [0.05, 0.1) is 0 Å². The zero-order valence-corrected chi connectivity index (χ0v) is 8.20. The Hall–Kier alpha value is -0.250. The molecule has 0 saturated heterocycles. The first-order valence-electron chi connectivity index (χ1n) is 3.27. The van der Waals surface area contributed by atoms with Crippen LogP contribution in [0.15, 0.2) is 33.1 Å². The van der Waals surface area contributed by atoms with Gasteiger partial charge < -0.3 is 0 Å². The molecule has 2 nitrogen and oxygen atoms in total. The largest absolute Gasteiger partial charge is 0.235 e. The number of aliphatic imine (C=N–C) groups is 2. The molecule has 0 radical (unpaired) electrons. The first kappa shape index (κ1) is 8.35. The van der Waals surface area contributed by atoms with Crippen LogP contribution in [0.1, 0.15) is 0 Å². The number of rotatable bonds is 0. The van der Waals surface area contributed by atoms with Crippen LogP contribution in [0.3, 0.4) is 0 Å². The molecule has 2 heterocycles. The number of nitrogens with zero attached hydrogens (tertiary/aromatic N) is 2. The average Bonchev–Trinajstić information content (AvgIpc) is 2.04. The highest BCUT2D eigenvalue weighted by atomic mass is 35.5. The van der Waals surface area contributed by atoms with E-state index in [1.807, 2.05) is 17.6 Å². The number of alkyl halides is 1. The highest BCUT2D eigenvalue weighted by molar-refractivity contribution is 8.17. The topological polar surface area (TPSA) is 24.7 Å². The molecule has 0 aromatic carbocycles. The Morgan fingerprint density at radius 3 is 3.08 bits per heavy atom. The fourth-order valence-corrected chi connectivity index (χ4v) is 2.26. The molecule has 1 unspecified atom stereocenters. The van der Waals surface area contributed by atoms with Crippen molar-refractivity contribution in [2.45, 2.75) is 5.62 Å². The highest BCUT2D eigenvalue weighted by Crippen LogP contribution is 2.27. The van der Waals surface area contributed by atoms with E-state index in [-0.39, 0.29) is 0 Å². The number of hydrogen-bond donors (Lipinski definition) is 0. The lowest BCUT2D eigenvalue weighted by Crippen LogP contribution is -2.15. The Morgan fingerprint density at radius 2 is 2.25 bits per heavy atom. The highest BCUT2D eigenvalue weighted by Gasteiger charge is 2.20. The van der Waals surface area contributed by atoms with Gasteiger partial charge in [0.1, 0.15) is 10.2 Å². The molecule has 0 spiro atoms. The molecule has 2 aliphatic heterocycles. The summed E-state index contributed by atoms with van der Waals surface area (Å²) in [6.45, 7) is 0. The van der Waals surface area contributed by atoms with Crippen LogP contribution in [0, 0.1) is 0 Å². The van der Waals surface area contributed by atoms with Gasteiger partial charge in [-0.3, -0.25) is 0 Å². The minimum absolute atomic E-state index is 0.442. The van der Waals surface area contributed by atoms with E-state index in [1.165, 1.54) is 11.8 Å². The van der Waals surface area contributed by atoms with E-state index in [4.69, 9.17) is 23.2 Å². The van der Waals surface area contributed by atoms with Crippen molar-refractivity contribution in [1.82, 2.24) is 0 Å². The molecular formula is C7H4Cl2N2S. The van der Waals surface area contributed by atoms with E-state index in [0.29, 0.717) is 5.17 Å². The van der Waals surface area contributed by atoms with Crippen LogP contribution in [0.25, 0.3) is 0 Å². The van der Waals surface area contributed by atoms with Gasteiger partial charge >= 0.3 is 0 Å². The van der Waals surface area contributed by atoms with E-state index in [1.54, 1.807) is 0 Å². The van der Waals surface area contributed by atoms with Gasteiger partial charge in [-0.15, -0.1) is 0 Å². The summed E-state index contributed by atoms with van der Waals surface area (Å²) in [6, 6.07) is 0. The summed E-state index contributed by atoms with van der Waals surface area (Å²) in [7, 11) is 0. The summed E-state index contributed by atoms with van der Waals surface area (Å²) in [4.78, 5) is 8.02. The second kappa shape index (κ2) is 3.24. The fraction of sp³-hybridized carbons (Fsp3) is 0.143. The maximum Gasteiger partial charge on any atom is 0.217 e. The molecule has 0 fully saturated rings. The molecule has 2 rings (SSSR count). The lowest BCUT2D eigenvalue weighted by atomic mass is 10.2. The zero-order chi connectivity index (χ0) is 8.55. The van der Waals surface area contributed by atoms with Crippen LogP contribution in [0.4, 0.5) is 0 Å². The van der Waals surface area contributed by atoms with E-state index < -0.39 is 5.62 Å². The van der Waals surface area contributed by atoms with E-state index in [0.717, 1.165) is 10.6 Å². The van der Waals surface area contributed by atoms with Crippen molar-refractivity contribution in [3.8, 4) is 0 Å². The average molecular weight is 219 g/mol. The molecule has 0 aliphatic carbocycles. The van der Waals surface area contributed by atoms with Gasteiger partial charge in [-0.05, 0) is 11.5 Å². The number of allylic oxidation sites excluding steroid dienone is 2. The summed E-state index contributed by atoms with van der Waals surface area (Å²) in [5.41, 5.74) is 0.296. The van der Waals surface area contributed by atoms with E-state index in [2.05, 4.69) is 9.98 Å². The molecule has 0 N–H and O–H groups in total. The second-order valence-electron chi connectivity index (χ2n) is 2.19. The van der Waals surface area contributed by atoms with Gasteiger partial charge in [0.15, 0.2) is 0 Å². The Morgan fingerprint density at radius 1 is 1.42 bits per heavy atom. The predicted molar refractivity (Wildman–Crippen MR) is 55.2 cm³/mol. The van der Waals surface area contributed by atoms with E-state index >= 15 is 0 Å². The maximum absolute atomic E-state index is 5.85. The SMILES string of the molecule is ClC1=NC(Cl)N=C2SC=CC=C12. The smallest absolute Gasteiger partial charge is 0.217 e. The number of fused-ring (bicyclic) bond motifs is 1. The van der Waals surface area contributed by atoms with Crippen molar-refractivity contribution in [2.75, 3.05) is 0 Å². The summed E-state index contributed by atoms with van der Waals surface area (Å²) < 4.78 is 0. The van der Waals surface area contributed by atoms with Gasteiger partial charge in [0.2, 0.25) is 5.62 Å². The normalized spacial score (nSPS) is 27.2. The number of hydrogen-bond acceptors (Lipinski definition) is 3. The molecule has 12 heavy (non-hydrogen) atoms. The van der Waals surface area contributed by atoms with E-state index in [9.17, 15) is 0 Å². The summed E-state index contributed by atoms with van der Waals surface area (Å²) in [5.74, 6) is 0. The van der Waals surface area contributed by atoms with Gasteiger partial charge in [-0.2, -0.15) is 0 Å². The monoisotopic (exact) mass is 218 g/mol. The van der Waals surface area contributed by atoms with Gasteiger partial charge in [0.25, 0.3) is 0 Å². The number of thioether (sulfide) groups is 1. The van der Waals surface area contributed by atoms with Crippen LogP contribution < -0.4 is 0 Å². The van der Waals surface area contributed by atoms with Gasteiger partial charge in [-0.1, -0.05) is 41.0 Å². The molecule has 0 amide bonds. The minimum Gasteiger partial charge on any atom is -0.235 e. The third kappa shape index (κ3) is 1.44. The molecule has 1 atom stereocenters.